The molecular formula is C20H28BrN3O2S3. The minimum atomic E-state index is -1.24. The summed E-state index contributed by atoms with van der Waals surface area (Å²) in [5, 5.41) is 3.45. The number of rotatable bonds is 8. The smallest absolute Gasteiger partial charge is 0.140 e. The van der Waals surface area contributed by atoms with Gasteiger partial charge in [0.05, 0.1) is 42.5 Å². The van der Waals surface area contributed by atoms with Gasteiger partial charge in [0.15, 0.2) is 0 Å². The third kappa shape index (κ3) is 5.62. The molecule has 0 aromatic carbocycles. The van der Waals surface area contributed by atoms with Crippen LogP contribution in [0.4, 0.5) is 5.82 Å². The molecule has 1 fully saturated rings. The molecule has 5 nitrogen and oxygen atoms in total. The molecule has 2 aromatic rings. The van der Waals surface area contributed by atoms with Crippen LogP contribution in [-0.2, 0) is 22.0 Å². The summed E-state index contributed by atoms with van der Waals surface area (Å²) in [4.78, 5) is 9.86. The number of hydrogen-bond acceptors (Lipinski definition) is 7. The Kier molecular flexibility index (Phi) is 8.20. The summed E-state index contributed by atoms with van der Waals surface area (Å²) in [5.41, 5.74) is -0.00707. The van der Waals surface area contributed by atoms with E-state index in [-0.39, 0.29) is 5.54 Å². The van der Waals surface area contributed by atoms with Crippen LogP contribution in [0.15, 0.2) is 36.8 Å². The minimum Gasteiger partial charge on any atom is -0.379 e. The molecule has 2 aromatic heterocycles. The molecule has 0 amide bonds. The van der Waals surface area contributed by atoms with E-state index in [0.29, 0.717) is 4.90 Å². The van der Waals surface area contributed by atoms with E-state index in [0.717, 1.165) is 58.7 Å². The van der Waals surface area contributed by atoms with Gasteiger partial charge in [-0.2, -0.15) is 0 Å². The van der Waals surface area contributed by atoms with Gasteiger partial charge in [0.2, 0.25) is 0 Å². The topological polar surface area (TPSA) is 54.5 Å². The number of anilines is 1. The van der Waals surface area contributed by atoms with Crippen LogP contribution < -0.4 is 5.32 Å². The Labute approximate surface area is 192 Å². The molecule has 1 aliphatic rings. The predicted octanol–water partition coefficient (Wildman–Crippen LogP) is 4.88. The first-order chi connectivity index (χ1) is 13.9. The van der Waals surface area contributed by atoms with E-state index >= 15 is 0 Å². The molecule has 1 saturated heterocycles. The number of nitrogens with zero attached hydrogens (tertiary/aromatic N) is 2. The Hall–Kier alpha value is -0.450. The van der Waals surface area contributed by atoms with Crippen LogP contribution in [0.1, 0.15) is 25.6 Å². The number of thiophene rings is 1. The highest BCUT2D eigenvalue weighted by atomic mass is 79.9. The fraction of sp³-hybridized carbons (Fsp3) is 0.550. The molecule has 1 unspecified atom stereocenters. The SMILES string of the molecule is CCc1cc(S(=O)c2cnc(NCC(C)(C)N3CCOCC3)c(Br)c2)c(SC)s1. The van der Waals surface area contributed by atoms with Crippen LogP contribution >= 0.6 is 39.0 Å². The molecule has 9 heteroatoms. The van der Waals surface area contributed by atoms with E-state index in [1.54, 1.807) is 29.3 Å². The Morgan fingerprint density at radius 2 is 2.10 bits per heavy atom. The van der Waals surface area contributed by atoms with Crippen molar-refractivity contribution in [1.82, 2.24) is 9.88 Å². The van der Waals surface area contributed by atoms with Gasteiger partial charge in [0.25, 0.3) is 0 Å². The van der Waals surface area contributed by atoms with Gasteiger partial charge in [0, 0.05) is 36.2 Å². The Morgan fingerprint density at radius 1 is 1.38 bits per heavy atom. The summed E-state index contributed by atoms with van der Waals surface area (Å²) in [6.07, 6.45) is 4.71. The molecule has 0 saturated carbocycles. The van der Waals surface area contributed by atoms with E-state index in [4.69, 9.17) is 4.74 Å². The highest BCUT2D eigenvalue weighted by Crippen LogP contribution is 2.36. The van der Waals surface area contributed by atoms with Crippen LogP contribution in [0.3, 0.4) is 0 Å². The van der Waals surface area contributed by atoms with Crippen molar-refractivity contribution in [1.29, 1.82) is 0 Å². The number of aryl methyl sites for hydroxylation is 1. The lowest BCUT2D eigenvalue weighted by molar-refractivity contribution is -0.00570. The fourth-order valence-electron chi connectivity index (χ4n) is 3.21. The number of ether oxygens (including phenoxy) is 1. The van der Waals surface area contributed by atoms with Crippen LogP contribution in [0.2, 0.25) is 0 Å². The first kappa shape index (κ1) is 23.2. The van der Waals surface area contributed by atoms with Gasteiger partial charge in [-0.05, 0) is 54.6 Å². The lowest BCUT2D eigenvalue weighted by Gasteiger charge is -2.41. The van der Waals surface area contributed by atoms with Crippen LogP contribution in [-0.4, -0.2) is 58.7 Å². The van der Waals surface area contributed by atoms with Gasteiger partial charge < -0.3 is 10.1 Å². The molecule has 160 valence electrons. The Bertz CT molecular complexity index is 867. The average molecular weight is 519 g/mol. The van der Waals surface area contributed by atoms with Crippen molar-refractivity contribution in [3.63, 3.8) is 0 Å². The number of aromatic nitrogens is 1. The Balaban J connectivity index is 1.71. The van der Waals surface area contributed by atoms with Crippen LogP contribution in [0.25, 0.3) is 0 Å². The number of hydrogen-bond donors (Lipinski definition) is 1. The second-order valence-corrected chi connectivity index (χ2v) is 12.0. The zero-order valence-corrected chi connectivity index (χ0v) is 21.3. The van der Waals surface area contributed by atoms with Gasteiger partial charge in [0.1, 0.15) is 5.82 Å². The number of pyridine rings is 1. The van der Waals surface area contributed by atoms with Gasteiger partial charge in [-0.15, -0.1) is 23.1 Å². The number of thioether (sulfide) groups is 1. The highest BCUT2D eigenvalue weighted by Gasteiger charge is 2.28. The maximum absolute atomic E-state index is 13.1. The molecular weight excluding hydrogens is 490 g/mol. The third-order valence-corrected chi connectivity index (χ3v) is 9.69. The second-order valence-electron chi connectivity index (χ2n) is 7.46. The standard InChI is InChI=1S/C20H28BrN3O2S3/c1-5-14-10-17(19(27-4)28-14)29(25)15-11-16(21)18(22-12-15)23-13-20(2,3)24-6-8-26-9-7-24/h10-12H,5-9,13H2,1-4H3,(H,22,23). The summed E-state index contributed by atoms with van der Waals surface area (Å²) < 4.78 is 20.6. The monoisotopic (exact) mass is 517 g/mol. The lowest BCUT2D eigenvalue weighted by atomic mass is 10.0. The molecule has 3 rings (SSSR count). The van der Waals surface area contributed by atoms with E-state index in [1.165, 1.54) is 4.88 Å². The molecule has 0 aliphatic carbocycles. The normalized spacial score (nSPS) is 16.7. The predicted molar refractivity (Wildman–Crippen MR) is 127 cm³/mol. The summed E-state index contributed by atoms with van der Waals surface area (Å²) in [5.74, 6) is 0.775. The maximum Gasteiger partial charge on any atom is 0.140 e. The molecule has 1 aliphatic heterocycles. The van der Waals surface area contributed by atoms with Crippen LogP contribution in [0, 0.1) is 0 Å². The van der Waals surface area contributed by atoms with E-state index in [9.17, 15) is 4.21 Å². The molecule has 1 atom stereocenters. The molecule has 0 spiro atoms. The van der Waals surface area contributed by atoms with Crippen LogP contribution in [0.5, 0.6) is 0 Å². The number of nitrogens with one attached hydrogen (secondary N) is 1. The summed E-state index contributed by atoms with van der Waals surface area (Å²) >= 11 is 6.99. The summed E-state index contributed by atoms with van der Waals surface area (Å²) in [6, 6.07) is 3.98. The first-order valence-electron chi connectivity index (χ1n) is 9.66. The fourth-order valence-corrected chi connectivity index (χ4v) is 7.41. The molecule has 1 N–H and O–H groups in total. The van der Waals surface area contributed by atoms with Crippen molar-refractivity contribution >= 4 is 55.6 Å². The zero-order chi connectivity index (χ0) is 21.0. The maximum atomic E-state index is 13.1. The van der Waals surface area contributed by atoms with Gasteiger partial charge in [-0.3, -0.25) is 4.90 Å². The molecule has 3 heterocycles. The van der Waals surface area contributed by atoms with Gasteiger partial charge in [-0.25, -0.2) is 9.19 Å². The first-order valence-corrected chi connectivity index (χ1v) is 13.6. The highest BCUT2D eigenvalue weighted by molar-refractivity contribution is 9.10. The van der Waals surface area contributed by atoms with Gasteiger partial charge >= 0.3 is 0 Å². The van der Waals surface area contributed by atoms with E-state index < -0.39 is 10.8 Å². The molecule has 0 radical (unpaired) electrons. The number of morpholine rings is 1. The van der Waals surface area contributed by atoms with Gasteiger partial charge in [-0.1, -0.05) is 6.92 Å². The Morgan fingerprint density at radius 3 is 2.72 bits per heavy atom. The van der Waals surface area contributed by atoms with Crippen molar-refractivity contribution in [2.45, 2.75) is 46.7 Å². The quantitative estimate of drug-likeness (QED) is 0.503. The zero-order valence-electron chi connectivity index (χ0n) is 17.3. The molecule has 0 bridgehead atoms. The van der Waals surface area contributed by atoms with Crippen molar-refractivity contribution < 1.29 is 8.95 Å². The van der Waals surface area contributed by atoms with Crippen molar-refractivity contribution in [3.05, 3.63) is 27.7 Å². The number of halogens is 1. The van der Waals surface area contributed by atoms with Crippen molar-refractivity contribution in [2.75, 3.05) is 44.4 Å². The third-order valence-electron chi connectivity index (χ3n) is 5.04. The average Bonchev–Trinajstić information content (AvgIpc) is 3.16. The summed E-state index contributed by atoms with van der Waals surface area (Å²) in [6.45, 7) is 10.8. The largest absolute Gasteiger partial charge is 0.379 e. The lowest BCUT2D eigenvalue weighted by Crippen LogP contribution is -2.53. The van der Waals surface area contributed by atoms with E-state index in [2.05, 4.69) is 58.0 Å². The second kappa shape index (κ2) is 10.2. The van der Waals surface area contributed by atoms with Crippen molar-refractivity contribution in [3.8, 4) is 0 Å². The minimum absolute atomic E-state index is 0.00707. The van der Waals surface area contributed by atoms with Crippen molar-refractivity contribution in [2.24, 2.45) is 0 Å². The van der Waals surface area contributed by atoms with E-state index in [1.807, 2.05) is 12.3 Å². The summed E-state index contributed by atoms with van der Waals surface area (Å²) in [7, 11) is -1.24. The molecule has 29 heavy (non-hydrogen) atoms.